The van der Waals surface area contributed by atoms with E-state index >= 15 is 0 Å². The second-order valence-electron chi connectivity index (χ2n) is 6.70. The predicted octanol–water partition coefficient (Wildman–Crippen LogP) is 2.54. The normalized spacial score (nSPS) is 17.5. The van der Waals surface area contributed by atoms with Crippen LogP contribution in [0.3, 0.4) is 0 Å². The van der Waals surface area contributed by atoms with Gasteiger partial charge < -0.3 is 14.4 Å². The van der Waals surface area contributed by atoms with Gasteiger partial charge in [-0.15, -0.1) is 0 Å². The average Bonchev–Trinajstić information content (AvgIpc) is 3.11. The fourth-order valence-corrected chi connectivity index (χ4v) is 5.12. The third-order valence-corrected chi connectivity index (χ3v) is 6.96. The zero-order valence-electron chi connectivity index (χ0n) is 14.9. The first-order valence-corrected chi connectivity index (χ1v) is 10.1. The lowest BCUT2D eigenvalue weighted by Crippen LogP contribution is -2.48. The van der Waals surface area contributed by atoms with Crippen molar-refractivity contribution in [1.29, 1.82) is 0 Å². The first-order chi connectivity index (χ1) is 12.4. The summed E-state index contributed by atoms with van der Waals surface area (Å²) in [6, 6.07) is 11.4. The van der Waals surface area contributed by atoms with Crippen LogP contribution in [0.5, 0.6) is 11.5 Å². The summed E-state index contributed by atoms with van der Waals surface area (Å²) in [6.45, 7) is 6.22. The molecular formula is C19H22N2O4S. The minimum atomic E-state index is -3.47. The highest BCUT2D eigenvalue weighted by Gasteiger charge is 2.30. The van der Waals surface area contributed by atoms with E-state index in [1.807, 2.05) is 44.2 Å². The number of hydrogen-bond donors (Lipinski definition) is 0. The van der Waals surface area contributed by atoms with Gasteiger partial charge in [0.2, 0.25) is 16.8 Å². The fraction of sp³-hybridized carbons (Fsp3) is 0.368. The van der Waals surface area contributed by atoms with Crippen molar-refractivity contribution >= 4 is 15.7 Å². The minimum absolute atomic E-state index is 0.251. The Morgan fingerprint density at radius 2 is 1.62 bits per heavy atom. The van der Waals surface area contributed by atoms with Gasteiger partial charge in [-0.3, -0.25) is 0 Å². The van der Waals surface area contributed by atoms with Crippen LogP contribution >= 0.6 is 0 Å². The van der Waals surface area contributed by atoms with Crippen molar-refractivity contribution in [3.8, 4) is 11.5 Å². The van der Waals surface area contributed by atoms with Gasteiger partial charge in [0.05, 0.1) is 4.90 Å². The molecule has 2 aromatic rings. The van der Waals surface area contributed by atoms with Crippen molar-refractivity contribution < 1.29 is 17.9 Å². The topological polar surface area (TPSA) is 59.1 Å². The van der Waals surface area contributed by atoms with Gasteiger partial charge in [-0.1, -0.05) is 12.1 Å². The second kappa shape index (κ2) is 6.48. The Bertz CT molecular complexity index is 935. The predicted molar refractivity (Wildman–Crippen MR) is 99.5 cm³/mol. The molecule has 2 aliphatic rings. The molecule has 0 radical (unpaired) electrons. The maximum atomic E-state index is 13.0. The standard InChI is InChI=1S/C19H22N2O4S/c1-14-3-4-15(2)19(11-14)26(22,23)21-9-7-20(8-10-21)16-5-6-17-18(12-16)25-13-24-17/h3-6,11-12H,7-10,13H2,1-2H3. The molecule has 2 heterocycles. The van der Waals surface area contributed by atoms with Crippen LogP contribution in [0.4, 0.5) is 5.69 Å². The molecule has 2 aliphatic heterocycles. The quantitative estimate of drug-likeness (QED) is 0.826. The smallest absolute Gasteiger partial charge is 0.243 e. The van der Waals surface area contributed by atoms with Crippen molar-refractivity contribution in [3.63, 3.8) is 0 Å². The summed E-state index contributed by atoms with van der Waals surface area (Å²) in [4.78, 5) is 2.59. The van der Waals surface area contributed by atoms with Crippen molar-refractivity contribution in [2.45, 2.75) is 18.7 Å². The van der Waals surface area contributed by atoms with Gasteiger partial charge in [-0.05, 0) is 43.2 Å². The van der Waals surface area contributed by atoms with Gasteiger partial charge in [0, 0.05) is 37.9 Å². The molecule has 0 N–H and O–H groups in total. The van der Waals surface area contributed by atoms with Crippen LogP contribution in [0.25, 0.3) is 0 Å². The second-order valence-corrected chi connectivity index (χ2v) is 8.60. The maximum absolute atomic E-state index is 13.0. The summed E-state index contributed by atoms with van der Waals surface area (Å²) in [5, 5.41) is 0. The Labute approximate surface area is 154 Å². The number of sulfonamides is 1. The zero-order chi connectivity index (χ0) is 18.3. The van der Waals surface area contributed by atoms with Crippen LogP contribution in [0, 0.1) is 13.8 Å². The number of piperazine rings is 1. The zero-order valence-corrected chi connectivity index (χ0v) is 15.8. The number of anilines is 1. The maximum Gasteiger partial charge on any atom is 0.243 e. The number of nitrogens with zero attached hydrogens (tertiary/aromatic N) is 2. The van der Waals surface area contributed by atoms with Crippen molar-refractivity contribution in [2.24, 2.45) is 0 Å². The molecule has 4 rings (SSSR count). The summed E-state index contributed by atoms with van der Waals surface area (Å²) >= 11 is 0. The number of aryl methyl sites for hydroxylation is 2. The number of benzene rings is 2. The molecule has 0 aromatic heterocycles. The van der Waals surface area contributed by atoms with Crippen LogP contribution in [-0.2, 0) is 10.0 Å². The fourth-order valence-electron chi connectivity index (χ4n) is 3.39. The molecule has 0 atom stereocenters. The van der Waals surface area contributed by atoms with Crippen molar-refractivity contribution in [3.05, 3.63) is 47.5 Å². The van der Waals surface area contributed by atoms with Gasteiger partial charge in [0.15, 0.2) is 11.5 Å². The molecular weight excluding hydrogens is 352 g/mol. The molecule has 0 amide bonds. The lowest BCUT2D eigenvalue weighted by molar-refractivity contribution is 0.174. The monoisotopic (exact) mass is 374 g/mol. The number of fused-ring (bicyclic) bond motifs is 1. The van der Waals surface area contributed by atoms with E-state index in [0.717, 1.165) is 28.3 Å². The lowest BCUT2D eigenvalue weighted by Gasteiger charge is -2.35. The molecule has 2 aromatic carbocycles. The molecule has 0 bridgehead atoms. The van der Waals surface area contributed by atoms with E-state index in [9.17, 15) is 8.42 Å². The van der Waals surface area contributed by atoms with Crippen LogP contribution < -0.4 is 14.4 Å². The highest BCUT2D eigenvalue weighted by molar-refractivity contribution is 7.89. The van der Waals surface area contributed by atoms with E-state index in [-0.39, 0.29) is 6.79 Å². The molecule has 26 heavy (non-hydrogen) atoms. The van der Waals surface area contributed by atoms with E-state index in [1.165, 1.54) is 0 Å². The largest absolute Gasteiger partial charge is 0.454 e. The van der Waals surface area contributed by atoms with Gasteiger partial charge in [0.25, 0.3) is 0 Å². The molecule has 1 saturated heterocycles. The SMILES string of the molecule is Cc1ccc(C)c(S(=O)(=O)N2CCN(c3ccc4c(c3)OCO4)CC2)c1. The van der Waals surface area contributed by atoms with Crippen LogP contribution in [0.15, 0.2) is 41.3 Å². The van der Waals surface area contributed by atoms with Crippen LogP contribution in [0.2, 0.25) is 0 Å². The van der Waals surface area contributed by atoms with E-state index in [0.29, 0.717) is 31.1 Å². The number of rotatable bonds is 3. The Morgan fingerprint density at radius 1 is 0.885 bits per heavy atom. The first kappa shape index (κ1) is 17.2. The summed E-state index contributed by atoms with van der Waals surface area (Å²) in [5.74, 6) is 1.50. The Hall–Kier alpha value is -2.25. The van der Waals surface area contributed by atoms with E-state index in [1.54, 1.807) is 10.4 Å². The summed E-state index contributed by atoms with van der Waals surface area (Å²) in [7, 11) is -3.47. The lowest BCUT2D eigenvalue weighted by atomic mass is 10.2. The third kappa shape index (κ3) is 3.01. The van der Waals surface area contributed by atoms with Crippen LogP contribution in [-0.4, -0.2) is 45.7 Å². The number of ether oxygens (including phenoxy) is 2. The van der Waals surface area contributed by atoms with Gasteiger partial charge in [0.1, 0.15) is 0 Å². The Kier molecular flexibility index (Phi) is 4.28. The molecule has 138 valence electrons. The number of hydrogen-bond acceptors (Lipinski definition) is 5. The minimum Gasteiger partial charge on any atom is -0.454 e. The van der Waals surface area contributed by atoms with Crippen LogP contribution in [0.1, 0.15) is 11.1 Å². The molecule has 0 unspecified atom stereocenters. The average molecular weight is 374 g/mol. The van der Waals surface area contributed by atoms with E-state index in [4.69, 9.17) is 9.47 Å². The Morgan fingerprint density at radius 3 is 2.38 bits per heavy atom. The van der Waals surface area contributed by atoms with Gasteiger partial charge in [-0.25, -0.2) is 8.42 Å². The van der Waals surface area contributed by atoms with Gasteiger partial charge in [-0.2, -0.15) is 4.31 Å². The van der Waals surface area contributed by atoms with E-state index < -0.39 is 10.0 Å². The molecule has 7 heteroatoms. The third-order valence-electron chi connectivity index (χ3n) is 4.92. The molecule has 0 spiro atoms. The van der Waals surface area contributed by atoms with Crippen molar-refractivity contribution in [2.75, 3.05) is 37.9 Å². The molecule has 0 aliphatic carbocycles. The molecule has 1 fully saturated rings. The van der Waals surface area contributed by atoms with E-state index in [2.05, 4.69) is 4.90 Å². The summed E-state index contributed by atoms with van der Waals surface area (Å²) in [6.07, 6.45) is 0. The Balaban J connectivity index is 1.50. The first-order valence-electron chi connectivity index (χ1n) is 8.67. The summed E-state index contributed by atoms with van der Waals surface area (Å²) in [5.41, 5.74) is 2.76. The molecule has 6 nitrogen and oxygen atoms in total. The highest BCUT2D eigenvalue weighted by Crippen LogP contribution is 2.36. The van der Waals surface area contributed by atoms with Gasteiger partial charge >= 0.3 is 0 Å². The summed E-state index contributed by atoms with van der Waals surface area (Å²) < 4.78 is 38.4. The van der Waals surface area contributed by atoms with Crippen molar-refractivity contribution in [1.82, 2.24) is 4.31 Å². The molecule has 0 saturated carbocycles. The highest BCUT2D eigenvalue weighted by atomic mass is 32.2.